The number of hydrogen-bond acceptors (Lipinski definition) is 2. The molecule has 0 radical (unpaired) electrons. The molecule has 0 bridgehead atoms. The molecule has 2 aliphatic heterocycles. The van der Waals surface area contributed by atoms with Gasteiger partial charge in [-0.3, -0.25) is 4.79 Å². The van der Waals surface area contributed by atoms with E-state index in [-0.39, 0.29) is 5.91 Å². The first-order chi connectivity index (χ1) is 8.66. The Hall–Kier alpha value is -0.770. The Balaban J connectivity index is 1.84. The molecule has 18 heavy (non-hydrogen) atoms. The molecule has 3 rings (SSSR count). The zero-order valence-electron chi connectivity index (χ0n) is 9.83. The van der Waals surface area contributed by atoms with Crippen molar-refractivity contribution >= 4 is 29.1 Å². The van der Waals surface area contributed by atoms with E-state index in [1.165, 1.54) is 0 Å². The van der Waals surface area contributed by atoms with Gasteiger partial charge in [0.2, 0.25) is 0 Å². The minimum atomic E-state index is 0.0600. The fraction of sp³-hybridized carbons (Fsp3) is 0.462. The number of hydrogen-bond donors (Lipinski definition) is 1. The van der Waals surface area contributed by atoms with Gasteiger partial charge in [-0.15, -0.1) is 0 Å². The molecule has 2 aliphatic rings. The highest BCUT2D eigenvalue weighted by Crippen LogP contribution is 2.30. The minimum absolute atomic E-state index is 0.0600. The molecule has 0 aliphatic carbocycles. The maximum absolute atomic E-state index is 12.4. The largest absolute Gasteiger partial charge is 0.334 e. The second-order valence-corrected chi connectivity index (χ2v) is 5.72. The molecule has 96 valence electrons. The summed E-state index contributed by atoms with van der Waals surface area (Å²) in [4.78, 5) is 14.4. The summed E-state index contributed by atoms with van der Waals surface area (Å²) in [6.45, 7) is 2.77. The van der Waals surface area contributed by atoms with Gasteiger partial charge in [0.1, 0.15) is 0 Å². The SMILES string of the molecule is O=C(c1ccc(Cl)c(Cl)c1)N1CC[C@@H]2CNC[C@@H]21. The third-order valence-electron chi connectivity index (χ3n) is 3.87. The summed E-state index contributed by atoms with van der Waals surface area (Å²) in [5, 5.41) is 4.25. The number of carbonyl (C=O) groups is 1. The van der Waals surface area contributed by atoms with E-state index in [0.717, 1.165) is 26.1 Å². The van der Waals surface area contributed by atoms with Crippen LogP contribution in [-0.4, -0.2) is 36.5 Å². The lowest BCUT2D eigenvalue weighted by atomic mass is 10.0. The van der Waals surface area contributed by atoms with Crippen molar-refractivity contribution in [3.05, 3.63) is 33.8 Å². The first kappa shape index (κ1) is 12.3. The van der Waals surface area contributed by atoms with Crippen LogP contribution >= 0.6 is 23.2 Å². The molecule has 0 unspecified atom stereocenters. The van der Waals surface area contributed by atoms with E-state index in [1.807, 2.05) is 4.90 Å². The van der Waals surface area contributed by atoms with Gasteiger partial charge < -0.3 is 10.2 Å². The Bertz CT molecular complexity index is 492. The minimum Gasteiger partial charge on any atom is -0.334 e. The summed E-state index contributed by atoms with van der Waals surface area (Å²) >= 11 is 11.8. The molecule has 1 aromatic carbocycles. The Kier molecular flexibility index (Phi) is 3.22. The molecule has 2 saturated heterocycles. The quantitative estimate of drug-likeness (QED) is 0.859. The summed E-state index contributed by atoms with van der Waals surface area (Å²) in [5.74, 6) is 0.668. The van der Waals surface area contributed by atoms with Crippen molar-refractivity contribution in [1.82, 2.24) is 10.2 Å². The molecule has 0 aromatic heterocycles. The second-order valence-electron chi connectivity index (χ2n) is 4.90. The van der Waals surface area contributed by atoms with Crippen molar-refractivity contribution in [2.45, 2.75) is 12.5 Å². The average Bonchev–Trinajstić information content (AvgIpc) is 2.93. The first-order valence-corrected chi connectivity index (χ1v) is 6.89. The molecule has 3 nitrogen and oxygen atoms in total. The fourth-order valence-corrected chi connectivity index (χ4v) is 3.19. The summed E-state index contributed by atoms with van der Waals surface area (Å²) in [6.07, 6.45) is 1.09. The first-order valence-electron chi connectivity index (χ1n) is 6.13. The Morgan fingerprint density at radius 2 is 2.11 bits per heavy atom. The number of nitrogens with zero attached hydrogens (tertiary/aromatic N) is 1. The molecule has 0 saturated carbocycles. The number of amides is 1. The predicted molar refractivity (Wildman–Crippen MR) is 72.3 cm³/mol. The number of rotatable bonds is 1. The standard InChI is InChI=1S/C13H14Cl2N2O/c14-10-2-1-8(5-11(10)15)13(18)17-4-3-9-6-16-7-12(9)17/h1-2,5,9,12,16H,3-4,6-7H2/t9-,12+/m1/s1. The lowest BCUT2D eigenvalue weighted by Gasteiger charge is -2.23. The van der Waals surface area contributed by atoms with Crippen LogP contribution in [0.3, 0.4) is 0 Å². The van der Waals surface area contributed by atoms with Crippen LogP contribution in [0.4, 0.5) is 0 Å². The number of halogens is 2. The summed E-state index contributed by atoms with van der Waals surface area (Å²) in [7, 11) is 0. The topological polar surface area (TPSA) is 32.3 Å². The Labute approximate surface area is 116 Å². The summed E-state index contributed by atoms with van der Waals surface area (Å²) in [6, 6.07) is 5.41. The van der Waals surface area contributed by atoms with E-state index >= 15 is 0 Å². The molecular weight excluding hydrogens is 271 g/mol. The van der Waals surface area contributed by atoms with Gasteiger partial charge in [-0.25, -0.2) is 0 Å². The van der Waals surface area contributed by atoms with Crippen LogP contribution in [0, 0.1) is 5.92 Å². The maximum Gasteiger partial charge on any atom is 0.254 e. The van der Waals surface area contributed by atoms with Gasteiger partial charge in [-0.1, -0.05) is 23.2 Å². The Morgan fingerprint density at radius 3 is 2.89 bits per heavy atom. The predicted octanol–water partition coefficient (Wildman–Crippen LogP) is 2.43. The van der Waals surface area contributed by atoms with Gasteiger partial charge in [0, 0.05) is 31.2 Å². The van der Waals surface area contributed by atoms with E-state index in [4.69, 9.17) is 23.2 Å². The number of likely N-dealkylation sites (tertiary alicyclic amines) is 1. The monoisotopic (exact) mass is 284 g/mol. The van der Waals surface area contributed by atoms with Crippen molar-refractivity contribution in [3.63, 3.8) is 0 Å². The van der Waals surface area contributed by atoms with Crippen LogP contribution < -0.4 is 5.32 Å². The van der Waals surface area contributed by atoms with Crippen LogP contribution in [0.2, 0.25) is 10.0 Å². The second kappa shape index (κ2) is 4.72. The maximum atomic E-state index is 12.4. The molecule has 1 aromatic rings. The number of fused-ring (bicyclic) bond motifs is 1. The van der Waals surface area contributed by atoms with Crippen molar-refractivity contribution < 1.29 is 4.79 Å². The van der Waals surface area contributed by atoms with Crippen molar-refractivity contribution in [1.29, 1.82) is 0 Å². The molecule has 5 heteroatoms. The summed E-state index contributed by atoms with van der Waals surface area (Å²) < 4.78 is 0. The van der Waals surface area contributed by atoms with Gasteiger partial charge in [0.25, 0.3) is 5.91 Å². The van der Waals surface area contributed by atoms with Crippen molar-refractivity contribution in [2.75, 3.05) is 19.6 Å². The van der Waals surface area contributed by atoms with Crippen LogP contribution in [0.15, 0.2) is 18.2 Å². The normalized spacial score (nSPS) is 26.4. The molecule has 1 N–H and O–H groups in total. The zero-order valence-corrected chi connectivity index (χ0v) is 11.3. The molecular formula is C13H14Cl2N2O. The zero-order chi connectivity index (χ0) is 12.7. The molecule has 1 amide bonds. The number of carbonyl (C=O) groups excluding carboxylic acids is 1. The van der Waals surface area contributed by atoms with Crippen LogP contribution in [-0.2, 0) is 0 Å². The van der Waals surface area contributed by atoms with Crippen molar-refractivity contribution in [3.8, 4) is 0 Å². The van der Waals surface area contributed by atoms with Gasteiger partial charge in [-0.2, -0.15) is 0 Å². The smallest absolute Gasteiger partial charge is 0.254 e. The lowest BCUT2D eigenvalue weighted by molar-refractivity contribution is 0.0737. The van der Waals surface area contributed by atoms with E-state index in [2.05, 4.69) is 5.32 Å². The van der Waals surface area contributed by atoms with Gasteiger partial charge in [-0.05, 0) is 30.5 Å². The molecule has 2 heterocycles. The highest BCUT2D eigenvalue weighted by Gasteiger charge is 2.40. The highest BCUT2D eigenvalue weighted by molar-refractivity contribution is 6.42. The van der Waals surface area contributed by atoms with E-state index in [9.17, 15) is 4.79 Å². The van der Waals surface area contributed by atoms with E-state index in [0.29, 0.717) is 27.6 Å². The summed E-state index contributed by atoms with van der Waals surface area (Å²) in [5.41, 5.74) is 0.622. The average molecular weight is 285 g/mol. The van der Waals surface area contributed by atoms with E-state index in [1.54, 1.807) is 18.2 Å². The molecule has 2 fully saturated rings. The van der Waals surface area contributed by atoms with Crippen LogP contribution in [0.1, 0.15) is 16.8 Å². The molecule has 2 atom stereocenters. The fourth-order valence-electron chi connectivity index (χ4n) is 2.90. The highest BCUT2D eigenvalue weighted by atomic mass is 35.5. The van der Waals surface area contributed by atoms with Gasteiger partial charge in [0.15, 0.2) is 0 Å². The van der Waals surface area contributed by atoms with Crippen LogP contribution in [0.25, 0.3) is 0 Å². The van der Waals surface area contributed by atoms with E-state index < -0.39 is 0 Å². The van der Waals surface area contributed by atoms with Gasteiger partial charge >= 0.3 is 0 Å². The van der Waals surface area contributed by atoms with Crippen molar-refractivity contribution in [2.24, 2.45) is 5.92 Å². The third-order valence-corrected chi connectivity index (χ3v) is 4.61. The van der Waals surface area contributed by atoms with Gasteiger partial charge in [0.05, 0.1) is 10.0 Å². The number of nitrogens with one attached hydrogen (secondary N) is 1. The van der Waals surface area contributed by atoms with Crippen LogP contribution in [0.5, 0.6) is 0 Å². The Morgan fingerprint density at radius 1 is 1.28 bits per heavy atom. The lowest BCUT2D eigenvalue weighted by Crippen LogP contribution is -2.39. The number of benzene rings is 1. The molecule has 0 spiro atoms. The third kappa shape index (κ3) is 2.00.